The van der Waals surface area contributed by atoms with Crippen molar-refractivity contribution in [2.45, 2.75) is 55.8 Å². The van der Waals surface area contributed by atoms with Crippen LogP contribution in [0.25, 0.3) is 0 Å². The Morgan fingerprint density at radius 1 is 0.918 bits per heavy atom. The van der Waals surface area contributed by atoms with Crippen molar-refractivity contribution in [1.82, 2.24) is 19.8 Å². The first kappa shape index (κ1) is 40.9. The number of alkyl halides is 3. The number of halogens is 5. The third-order valence-corrected chi connectivity index (χ3v) is 13.8. The number of pyridine rings is 1. The molecule has 6 unspecified atom stereocenters. The van der Waals surface area contributed by atoms with Gasteiger partial charge in [-0.15, -0.1) is 0 Å². The molecule has 0 spiro atoms. The van der Waals surface area contributed by atoms with Crippen LogP contribution in [0.5, 0.6) is 11.5 Å². The van der Waals surface area contributed by atoms with E-state index in [1.165, 1.54) is 23.6 Å². The van der Waals surface area contributed by atoms with E-state index in [0.29, 0.717) is 59.9 Å². The minimum absolute atomic E-state index is 0.0132. The highest BCUT2D eigenvalue weighted by Crippen LogP contribution is 2.64. The van der Waals surface area contributed by atoms with Crippen molar-refractivity contribution in [1.29, 1.82) is 0 Å². The van der Waals surface area contributed by atoms with Crippen LogP contribution in [-0.4, -0.2) is 74.8 Å². The lowest BCUT2D eigenvalue weighted by Crippen LogP contribution is -2.53. The van der Waals surface area contributed by atoms with Gasteiger partial charge in [0.2, 0.25) is 11.8 Å². The third kappa shape index (κ3) is 6.74. The Kier molecular flexibility index (Phi) is 10.4. The number of aromatic nitrogens is 1. The monoisotopic (exact) mass is 873 g/mol. The van der Waals surface area contributed by atoms with Gasteiger partial charge in [0.25, 0.3) is 11.8 Å². The molecular weight excluding hydrogens is 834 g/mol. The number of likely N-dealkylation sites (tertiary alicyclic amines) is 2. The number of carbonyl (C=O) groups excluding carboxylic acids is 4. The Hall–Kier alpha value is -5.44. The highest BCUT2D eigenvalue weighted by Gasteiger charge is 2.70. The van der Waals surface area contributed by atoms with E-state index in [1.807, 2.05) is 24.3 Å². The average molecular weight is 875 g/mol. The van der Waals surface area contributed by atoms with Crippen LogP contribution in [-0.2, 0) is 37.3 Å². The fourth-order valence-electron chi connectivity index (χ4n) is 10.6. The van der Waals surface area contributed by atoms with E-state index in [1.54, 1.807) is 36.4 Å². The number of allylic oxidation sites excluding steroid dienone is 2. The summed E-state index contributed by atoms with van der Waals surface area (Å²) in [6, 6.07) is 21.6. The van der Waals surface area contributed by atoms with Crippen LogP contribution in [0.1, 0.15) is 53.9 Å². The van der Waals surface area contributed by atoms with Gasteiger partial charge in [-0.05, 0) is 78.6 Å². The molecule has 61 heavy (non-hydrogen) atoms. The van der Waals surface area contributed by atoms with Gasteiger partial charge in [-0.3, -0.25) is 34.4 Å². The summed E-state index contributed by atoms with van der Waals surface area (Å²) in [6.07, 6.45) is -0.858. The van der Waals surface area contributed by atoms with Crippen molar-refractivity contribution < 1.29 is 42.2 Å². The number of hydrogen-bond donors (Lipinski definition) is 2. The molecule has 1 saturated carbocycles. The van der Waals surface area contributed by atoms with Crippen molar-refractivity contribution in [3.05, 3.63) is 129 Å². The molecular formula is C45H40Cl2F3N5O6. The lowest BCUT2D eigenvalue weighted by molar-refractivity contribution is -0.144. The molecule has 5 aliphatic rings. The molecule has 4 amide bonds. The zero-order valence-electron chi connectivity index (χ0n) is 32.7. The number of fused-ring (bicyclic) bond motifs is 4. The molecule has 4 heterocycles. The van der Waals surface area contributed by atoms with E-state index in [2.05, 4.69) is 27.4 Å². The third-order valence-electron chi connectivity index (χ3n) is 13.3. The largest absolute Gasteiger partial charge is 0.504 e. The minimum atomic E-state index is -4.75. The smallest absolute Gasteiger partial charge is 0.417 e. The van der Waals surface area contributed by atoms with Gasteiger partial charge in [-0.1, -0.05) is 83.4 Å². The number of phenols is 1. The molecule has 11 nitrogen and oxygen atoms in total. The number of phenolic OH excluding ortho intramolecular Hbond substituents is 1. The number of benzene rings is 3. The second kappa shape index (κ2) is 15.5. The van der Waals surface area contributed by atoms with E-state index in [9.17, 15) is 32.7 Å². The molecule has 3 saturated heterocycles. The highest BCUT2D eigenvalue weighted by atomic mass is 35.5. The van der Waals surface area contributed by atoms with E-state index in [-0.39, 0.29) is 48.0 Å². The van der Waals surface area contributed by atoms with Crippen LogP contribution in [0.15, 0.2) is 96.7 Å². The first-order valence-electron chi connectivity index (χ1n) is 20.1. The van der Waals surface area contributed by atoms with Crippen molar-refractivity contribution in [2.24, 2.45) is 23.7 Å². The number of aromatic hydroxyl groups is 1. The predicted octanol–water partition coefficient (Wildman–Crippen LogP) is 7.77. The zero-order valence-corrected chi connectivity index (χ0v) is 34.3. The molecule has 316 valence electrons. The van der Waals surface area contributed by atoms with Crippen LogP contribution in [0.2, 0.25) is 10.0 Å². The topological polar surface area (TPSA) is 132 Å². The molecule has 4 aromatic rings. The number of hydrogen-bond acceptors (Lipinski definition) is 9. The summed E-state index contributed by atoms with van der Waals surface area (Å²) in [5.74, 6) is -6.78. The first-order valence-corrected chi connectivity index (χ1v) is 20.8. The van der Waals surface area contributed by atoms with E-state index in [0.717, 1.165) is 11.6 Å². The lowest BCUT2D eigenvalue weighted by Gasteiger charge is -2.50. The quantitative estimate of drug-likeness (QED) is 0.135. The fourth-order valence-corrected chi connectivity index (χ4v) is 10.9. The van der Waals surface area contributed by atoms with E-state index >= 15 is 4.79 Å². The number of amides is 4. The van der Waals surface area contributed by atoms with Crippen LogP contribution < -0.4 is 10.2 Å². The summed E-state index contributed by atoms with van der Waals surface area (Å²) >= 11 is 12.7. The predicted molar refractivity (Wildman–Crippen MR) is 218 cm³/mol. The van der Waals surface area contributed by atoms with Crippen molar-refractivity contribution in [3.63, 3.8) is 0 Å². The number of ether oxygens (including phenoxy) is 1. The second-order valence-corrected chi connectivity index (χ2v) is 17.2. The molecule has 16 heteroatoms. The molecule has 4 fully saturated rings. The molecule has 3 aliphatic heterocycles. The average Bonchev–Trinajstić information content (AvgIpc) is 3.62. The number of imide groups is 2. The number of carbonyl (C=O) groups is 4. The molecule has 2 N–H and O–H groups in total. The minimum Gasteiger partial charge on any atom is -0.504 e. The maximum absolute atomic E-state index is 15.4. The van der Waals surface area contributed by atoms with Gasteiger partial charge in [0.05, 0.1) is 40.9 Å². The molecule has 9 rings (SSSR count). The van der Waals surface area contributed by atoms with Gasteiger partial charge in [-0.25, -0.2) is 4.98 Å². The van der Waals surface area contributed by atoms with Crippen molar-refractivity contribution >= 4 is 52.6 Å². The Bertz CT molecular complexity index is 2460. The normalized spacial score (nSPS) is 26.9. The lowest BCUT2D eigenvalue weighted by atomic mass is 9.49. The van der Waals surface area contributed by atoms with Gasteiger partial charge >= 0.3 is 6.18 Å². The number of nitrogens with one attached hydrogen (secondary N) is 1. The van der Waals surface area contributed by atoms with E-state index < -0.39 is 63.6 Å². The zero-order chi connectivity index (χ0) is 43.0. The molecule has 0 radical (unpaired) electrons. The summed E-state index contributed by atoms with van der Waals surface area (Å²) in [6.45, 7) is 2.16. The summed E-state index contributed by atoms with van der Waals surface area (Å²) in [4.78, 5) is 67.3. The number of anilines is 1. The van der Waals surface area contributed by atoms with E-state index in [4.69, 9.17) is 27.9 Å². The molecule has 1 aromatic heterocycles. The molecule has 6 atom stereocenters. The standard InChI is InChI=1S/C45H40Cl2F3N5O6/c1-61-36-19-25(7-14-35(36)56)38-30-12-13-31-37(42(59)54(40(31)57)29-15-17-53(18-16-29)23-24-5-3-2-4-6-24)32(30)21-33-41(58)55(43(60)44(33,38)26-8-10-28(46)11-9-26)52-39-34(47)20-27(22-51-39)45(48,49)50/h2-12,14,19-20,22,29,31-33,37-38,56H,13,15-18,21,23H2,1H3,(H,51,52). The summed E-state index contributed by atoms with van der Waals surface area (Å²) in [7, 11) is 1.38. The Morgan fingerprint density at radius 3 is 2.31 bits per heavy atom. The number of rotatable bonds is 8. The SMILES string of the molecule is COc1cc(C2C3=CCC4C(=O)N(C5CCN(Cc6ccccc6)CC5)C(=O)C4C3CC3C(=O)N(Nc4ncc(C(F)(F)F)cc4Cl)C(=O)C32c2ccc(Cl)cc2)ccc1O. The second-order valence-electron chi connectivity index (χ2n) is 16.4. The Labute approximate surface area is 359 Å². The first-order chi connectivity index (χ1) is 29.2. The maximum Gasteiger partial charge on any atom is 0.417 e. The van der Waals surface area contributed by atoms with Gasteiger partial charge in [-0.2, -0.15) is 18.2 Å². The Morgan fingerprint density at radius 2 is 1.64 bits per heavy atom. The summed E-state index contributed by atoms with van der Waals surface area (Å²) < 4.78 is 46.2. The molecule has 3 aromatic carbocycles. The Balaban J connectivity index is 1.12. The van der Waals surface area contributed by atoms with Gasteiger partial charge in [0, 0.05) is 42.8 Å². The number of piperidine rings is 1. The number of methoxy groups -OCH3 is 1. The summed E-state index contributed by atoms with van der Waals surface area (Å²) in [5.41, 5.74) is 2.54. The van der Waals surface area contributed by atoms with Gasteiger partial charge in [0.15, 0.2) is 17.3 Å². The summed E-state index contributed by atoms with van der Waals surface area (Å²) in [5, 5.41) is 11.3. The fraction of sp³-hybridized carbons (Fsp3) is 0.356. The number of hydrazine groups is 1. The van der Waals surface area contributed by atoms with Crippen molar-refractivity contribution in [3.8, 4) is 11.5 Å². The van der Waals surface area contributed by atoms with Crippen LogP contribution in [0.3, 0.4) is 0 Å². The van der Waals surface area contributed by atoms with Crippen molar-refractivity contribution in [2.75, 3.05) is 25.6 Å². The molecule has 2 aliphatic carbocycles. The van der Waals surface area contributed by atoms with Crippen LogP contribution in [0.4, 0.5) is 19.0 Å². The van der Waals surface area contributed by atoms with Gasteiger partial charge in [0.1, 0.15) is 0 Å². The number of nitrogens with zero attached hydrogens (tertiary/aromatic N) is 4. The van der Waals surface area contributed by atoms with Gasteiger partial charge < -0.3 is 9.84 Å². The molecule has 0 bridgehead atoms. The van der Waals surface area contributed by atoms with Crippen LogP contribution in [0, 0.1) is 23.7 Å². The van der Waals surface area contributed by atoms with Crippen LogP contribution >= 0.6 is 23.2 Å². The maximum atomic E-state index is 15.4. The highest BCUT2D eigenvalue weighted by molar-refractivity contribution is 6.33.